The zero-order chi connectivity index (χ0) is 25.4. The molecule has 2 N–H and O–H groups in total. The molecule has 7 nitrogen and oxygen atoms in total. The summed E-state index contributed by atoms with van der Waals surface area (Å²) in [6.45, 7) is 3.82. The second-order valence-electron chi connectivity index (χ2n) is 8.81. The van der Waals surface area contributed by atoms with Crippen LogP contribution < -0.4 is 9.64 Å². The second-order valence-corrected chi connectivity index (χ2v) is 8.81. The number of nitriles is 1. The second kappa shape index (κ2) is 9.08. The van der Waals surface area contributed by atoms with E-state index in [9.17, 15) is 20.0 Å². The molecule has 1 aliphatic rings. The number of aliphatic hydroxyl groups excluding tert-OH is 1. The van der Waals surface area contributed by atoms with Gasteiger partial charge in [0.05, 0.1) is 29.4 Å². The van der Waals surface area contributed by atoms with Crippen LogP contribution in [0.25, 0.3) is 16.7 Å². The van der Waals surface area contributed by atoms with Crippen molar-refractivity contribution in [3.8, 4) is 11.8 Å². The van der Waals surface area contributed by atoms with Crippen molar-refractivity contribution in [1.82, 2.24) is 4.98 Å². The summed E-state index contributed by atoms with van der Waals surface area (Å²) in [6, 6.07) is 22.1. The largest absolute Gasteiger partial charge is 0.507 e. The Hall–Kier alpha value is -4.83. The van der Waals surface area contributed by atoms with Crippen molar-refractivity contribution in [1.29, 1.82) is 5.26 Å². The van der Waals surface area contributed by atoms with E-state index in [-0.39, 0.29) is 17.4 Å². The third-order valence-corrected chi connectivity index (χ3v) is 6.11. The van der Waals surface area contributed by atoms with Gasteiger partial charge in [-0.3, -0.25) is 14.5 Å². The molecule has 1 saturated heterocycles. The minimum absolute atomic E-state index is 0.0178. The van der Waals surface area contributed by atoms with E-state index >= 15 is 0 Å². The number of fused-ring (bicyclic) bond motifs is 1. The highest BCUT2D eigenvalue weighted by Crippen LogP contribution is 2.43. The number of Topliss-reactive ketones (excluding diaryl/α,β-unsaturated/α-hetero) is 1. The van der Waals surface area contributed by atoms with E-state index in [0.717, 1.165) is 10.9 Å². The normalized spacial score (nSPS) is 17.1. The standard InChI is InChI=1S/C29H23N3O4/c1-17(2)36-21-7-5-6-19(14-21)26-25(27(33)23-16-31-24-9-4-3-8-22(23)24)28(34)29(35)32(26)20-12-10-18(15-30)11-13-20/h3-14,16-17,26,31,33H,1-2H3/b27-25-. The maximum atomic E-state index is 13.4. The van der Waals surface area contributed by atoms with E-state index in [1.54, 1.807) is 54.7 Å². The predicted molar refractivity (Wildman–Crippen MR) is 136 cm³/mol. The van der Waals surface area contributed by atoms with E-state index in [4.69, 9.17) is 4.74 Å². The van der Waals surface area contributed by atoms with Crippen molar-refractivity contribution in [3.63, 3.8) is 0 Å². The molecule has 36 heavy (non-hydrogen) atoms. The fourth-order valence-electron chi connectivity index (χ4n) is 4.55. The molecule has 1 amide bonds. The molecule has 4 aromatic rings. The molecular formula is C29H23N3O4. The number of carbonyl (C=O) groups excluding carboxylic acids is 2. The van der Waals surface area contributed by atoms with Gasteiger partial charge in [0.15, 0.2) is 0 Å². The topological polar surface area (TPSA) is 106 Å². The van der Waals surface area contributed by atoms with E-state index in [1.807, 2.05) is 38.1 Å². The van der Waals surface area contributed by atoms with Crippen molar-refractivity contribution in [2.24, 2.45) is 0 Å². The maximum absolute atomic E-state index is 13.4. The zero-order valence-electron chi connectivity index (χ0n) is 19.7. The molecule has 2 heterocycles. The van der Waals surface area contributed by atoms with Gasteiger partial charge in [0.25, 0.3) is 11.7 Å². The molecule has 3 aromatic carbocycles. The molecule has 178 valence electrons. The van der Waals surface area contributed by atoms with Gasteiger partial charge in [-0.1, -0.05) is 30.3 Å². The lowest BCUT2D eigenvalue weighted by molar-refractivity contribution is -0.132. The Morgan fingerprint density at radius 1 is 1.06 bits per heavy atom. The molecule has 0 saturated carbocycles. The fourth-order valence-corrected chi connectivity index (χ4v) is 4.55. The number of hydrogen-bond acceptors (Lipinski definition) is 5. The first-order valence-electron chi connectivity index (χ1n) is 11.5. The van der Waals surface area contributed by atoms with E-state index in [2.05, 4.69) is 11.1 Å². The average molecular weight is 478 g/mol. The van der Waals surface area contributed by atoms with Gasteiger partial charge in [-0.25, -0.2) is 0 Å². The maximum Gasteiger partial charge on any atom is 0.300 e. The Bertz CT molecular complexity index is 1560. The van der Waals surface area contributed by atoms with Crippen LogP contribution in [0.5, 0.6) is 5.75 Å². The number of aromatic nitrogens is 1. The molecule has 1 fully saturated rings. The minimum Gasteiger partial charge on any atom is -0.507 e. The molecule has 0 aliphatic carbocycles. The molecular weight excluding hydrogens is 454 g/mol. The highest BCUT2D eigenvalue weighted by Gasteiger charge is 2.47. The van der Waals surface area contributed by atoms with Gasteiger partial charge in [0.1, 0.15) is 11.5 Å². The highest BCUT2D eigenvalue weighted by molar-refractivity contribution is 6.51. The van der Waals surface area contributed by atoms with Crippen molar-refractivity contribution in [2.45, 2.75) is 26.0 Å². The first-order valence-corrected chi connectivity index (χ1v) is 11.5. The zero-order valence-corrected chi connectivity index (χ0v) is 19.7. The average Bonchev–Trinajstić information content (AvgIpc) is 3.42. The van der Waals surface area contributed by atoms with Gasteiger partial charge in [0, 0.05) is 28.4 Å². The first kappa shape index (κ1) is 22.9. The van der Waals surface area contributed by atoms with Crippen molar-refractivity contribution in [3.05, 3.63) is 101 Å². The van der Waals surface area contributed by atoms with Crippen molar-refractivity contribution in [2.75, 3.05) is 4.90 Å². The Morgan fingerprint density at radius 3 is 2.53 bits per heavy atom. The van der Waals surface area contributed by atoms with Crippen LogP contribution in [0.3, 0.4) is 0 Å². The van der Waals surface area contributed by atoms with Crippen LogP contribution in [-0.4, -0.2) is 27.9 Å². The predicted octanol–water partition coefficient (Wildman–Crippen LogP) is 5.45. The Morgan fingerprint density at radius 2 is 1.81 bits per heavy atom. The Kier molecular flexibility index (Phi) is 5.79. The number of anilines is 1. The number of ether oxygens (including phenoxy) is 1. The monoisotopic (exact) mass is 477 g/mol. The van der Waals surface area contributed by atoms with Crippen molar-refractivity contribution >= 4 is 34.0 Å². The number of aliphatic hydroxyl groups is 1. The molecule has 7 heteroatoms. The molecule has 0 bridgehead atoms. The first-order chi connectivity index (χ1) is 17.4. The number of para-hydroxylation sites is 1. The van der Waals surface area contributed by atoms with E-state index in [1.165, 1.54) is 4.90 Å². The van der Waals surface area contributed by atoms with Crippen LogP contribution in [0, 0.1) is 11.3 Å². The summed E-state index contributed by atoms with van der Waals surface area (Å²) in [5, 5.41) is 21.4. The Balaban J connectivity index is 1.73. The van der Waals surface area contributed by atoms with Crippen LogP contribution in [-0.2, 0) is 9.59 Å². The van der Waals surface area contributed by atoms with Crippen LogP contribution >= 0.6 is 0 Å². The number of ketones is 1. The van der Waals surface area contributed by atoms with Crippen LogP contribution in [0.1, 0.15) is 36.6 Å². The van der Waals surface area contributed by atoms with Gasteiger partial charge in [-0.2, -0.15) is 5.26 Å². The number of nitrogens with zero attached hydrogens (tertiary/aromatic N) is 2. The summed E-state index contributed by atoms with van der Waals surface area (Å²) in [4.78, 5) is 31.3. The molecule has 1 unspecified atom stereocenters. The number of carbonyl (C=O) groups is 2. The smallest absolute Gasteiger partial charge is 0.300 e. The van der Waals surface area contributed by atoms with E-state index < -0.39 is 17.7 Å². The highest BCUT2D eigenvalue weighted by atomic mass is 16.5. The van der Waals surface area contributed by atoms with Crippen LogP contribution in [0.2, 0.25) is 0 Å². The van der Waals surface area contributed by atoms with Crippen molar-refractivity contribution < 1.29 is 19.4 Å². The molecule has 0 radical (unpaired) electrons. The van der Waals surface area contributed by atoms with E-state index in [0.29, 0.717) is 28.1 Å². The SMILES string of the molecule is CC(C)Oc1cccc(C2/C(=C(/O)c3c[nH]c4ccccc34)C(=O)C(=O)N2c2ccc(C#N)cc2)c1. The number of hydrogen-bond donors (Lipinski definition) is 2. The summed E-state index contributed by atoms with van der Waals surface area (Å²) < 4.78 is 5.86. The number of aromatic amines is 1. The van der Waals surface area contributed by atoms with Crippen LogP contribution in [0.15, 0.2) is 84.6 Å². The third-order valence-electron chi connectivity index (χ3n) is 6.11. The van der Waals surface area contributed by atoms with Gasteiger partial charge >= 0.3 is 0 Å². The summed E-state index contributed by atoms with van der Waals surface area (Å²) in [6.07, 6.45) is 1.56. The summed E-state index contributed by atoms with van der Waals surface area (Å²) in [7, 11) is 0. The van der Waals surface area contributed by atoms with Gasteiger partial charge in [0.2, 0.25) is 0 Å². The molecule has 5 rings (SSSR count). The number of amides is 1. The Labute approximate surface area is 207 Å². The third kappa shape index (κ3) is 3.89. The molecule has 1 aromatic heterocycles. The lowest BCUT2D eigenvalue weighted by Gasteiger charge is -2.26. The lowest BCUT2D eigenvalue weighted by Crippen LogP contribution is -2.29. The molecule has 1 atom stereocenters. The van der Waals surface area contributed by atoms with Gasteiger partial charge in [-0.05, 0) is 61.9 Å². The quantitative estimate of drug-likeness (QED) is 0.226. The minimum atomic E-state index is -0.901. The summed E-state index contributed by atoms with van der Waals surface area (Å²) in [5.74, 6) is -1.23. The number of H-pyrrole nitrogens is 1. The summed E-state index contributed by atoms with van der Waals surface area (Å²) >= 11 is 0. The van der Waals surface area contributed by atoms with Crippen LogP contribution in [0.4, 0.5) is 5.69 Å². The van der Waals surface area contributed by atoms with Gasteiger partial charge in [-0.15, -0.1) is 0 Å². The lowest BCUT2D eigenvalue weighted by atomic mass is 9.94. The molecule has 0 spiro atoms. The fraction of sp³-hybridized carbons (Fsp3) is 0.138. The number of benzene rings is 3. The number of nitrogens with one attached hydrogen (secondary N) is 1. The molecule has 1 aliphatic heterocycles. The van der Waals surface area contributed by atoms with Gasteiger partial charge < -0.3 is 14.8 Å². The summed E-state index contributed by atoms with van der Waals surface area (Å²) in [5.41, 5.74) is 2.69. The number of rotatable bonds is 5.